The van der Waals surface area contributed by atoms with Crippen LogP contribution in [0.2, 0.25) is 0 Å². The summed E-state index contributed by atoms with van der Waals surface area (Å²) < 4.78 is 0. The standard InChI is InChI=1S/C15H15N.C11H15S.ClH/c1-2-16(15-11-7-4-8-12-15)13-14-9-5-3-6-10-14;1-4-11(12(2)3)10-8-6-5-7-9-10;/h2-12H,1,13H2;4-9,11H,1H2,2-3H3;1H/q;+1;/p-1. The molecule has 3 rings (SSSR count). The molecule has 0 aliphatic carbocycles. The fourth-order valence-corrected chi connectivity index (χ4v) is 3.99. The monoisotopic (exact) mass is 423 g/mol. The average molecular weight is 424 g/mol. The van der Waals surface area contributed by atoms with Crippen molar-refractivity contribution in [3.8, 4) is 0 Å². The van der Waals surface area contributed by atoms with Crippen molar-refractivity contribution in [2.75, 3.05) is 17.4 Å². The van der Waals surface area contributed by atoms with Crippen LogP contribution >= 0.6 is 0 Å². The Morgan fingerprint density at radius 2 is 1.28 bits per heavy atom. The molecule has 1 nitrogen and oxygen atoms in total. The van der Waals surface area contributed by atoms with Crippen molar-refractivity contribution in [1.29, 1.82) is 0 Å². The summed E-state index contributed by atoms with van der Waals surface area (Å²) in [5, 5.41) is 0.520. The molecule has 0 aliphatic heterocycles. The first-order chi connectivity index (χ1) is 13.7. The van der Waals surface area contributed by atoms with Gasteiger partial charge in [-0.05, 0) is 40.9 Å². The van der Waals surface area contributed by atoms with Crippen molar-refractivity contribution < 1.29 is 12.4 Å². The number of nitrogens with zero attached hydrogens (tertiary/aromatic N) is 1. The van der Waals surface area contributed by atoms with Gasteiger partial charge < -0.3 is 17.3 Å². The molecule has 0 saturated carbocycles. The smallest absolute Gasteiger partial charge is 0.160 e. The van der Waals surface area contributed by atoms with E-state index in [-0.39, 0.29) is 12.4 Å². The summed E-state index contributed by atoms with van der Waals surface area (Å²) in [6.45, 7) is 8.58. The van der Waals surface area contributed by atoms with Gasteiger partial charge in [0.2, 0.25) is 0 Å². The predicted octanol–water partition coefficient (Wildman–Crippen LogP) is 3.63. The van der Waals surface area contributed by atoms with Gasteiger partial charge in [0.15, 0.2) is 5.25 Å². The minimum Gasteiger partial charge on any atom is -1.00 e. The lowest BCUT2D eigenvalue weighted by molar-refractivity contribution is -0.00000572. The molecule has 0 bridgehead atoms. The van der Waals surface area contributed by atoms with Crippen LogP contribution in [0.4, 0.5) is 5.69 Å². The zero-order chi connectivity index (χ0) is 20.2. The molecule has 0 fully saturated rings. The minimum atomic E-state index is 0. The Labute approximate surface area is 185 Å². The first kappa shape index (κ1) is 24.6. The van der Waals surface area contributed by atoms with Gasteiger partial charge in [0.05, 0.1) is 12.5 Å². The fraction of sp³-hybridized carbons (Fsp3) is 0.154. The Bertz CT molecular complexity index is 819. The summed E-state index contributed by atoms with van der Waals surface area (Å²) in [4.78, 5) is 2.13. The van der Waals surface area contributed by atoms with Crippen LogP contribution in [0.3, 0.4) is 0 Å². The molecule has 0 heterocycles. The number of benzene rings is 3. The summed E-state index contributed by atoms with van der Waals surface area (Å²) >= 11 is 0. The molecule has 0 saturated heterocycles. The first-order valence-corrected chi connectivity index (χ1v) is 11.5. The number of halogens is 1. The average Bonchev–Trinajstić information content (AvgIpc) is 2.75. The lowest BCUT2D eigenvalue weighted by Crippen LogP contribution is -3.00. The Balaban J connectivity index is 0.000000292. The molecule has 0 radical (unpaired) electrons. The van der Waals surface area contributed by atoms with Crippen LogP contribution in [-0.4, -0.2) is 12.5 Å². The third kappa shape index (κ3) is 8.23. The van der Waals surface area contributed by atoms with Crippen LogP contribution in [0.25, 0.3) is 0 Å². The van der Waals surface area contributed by atoms with Crippen molar-refractivity contribution in [2.45, 2.75) is 11.8 Å². The zero-order valence-electron chi connectivity index (χ0n) is 17.2. The quantitative estimate of drug-likeness (QED) is 0.414. The minimum absolute atomic E-state index is 0. The molecule has 1 atom stereocenters. The molecule has 0 amide bonds. The van der Waals surface area contributed by atoms with Crippen LogP contribution in [0, 0.1) is 0 Å². The van der Waals surface area contributed by atoms with Crippen molar-refractivity contribution >= 4 is 16.6 Å². The molecule has 29 heavy (non-hydrogen) atoms. The van der Waals surface area contributed by atoms with Crippen LogP contribution < -0.4 is 17.3 Å². The van der Waals surface area contributed by atoms with E-state index in [0.717, 1.165) is 6.54 Å². The Morgan fingerprint density at radius 3 is 1.72 bits per heavy atom. The second-order valence-corrected chi connectivity index (χ2v) is 8.85. The molecule has 3 aromatic carbocycles. The normalized spacial score (nSPS) is 10.7. The fourth-order valence-electron chi connectivity index (χ4n) is 2.90. The van der Waals surface area contributed by atoms with Crippen LogP contribution in [0.1, 0.15) is 16.4 Å². The maximum atomic E-state index is 3.87. The molecular formula is C26H30ClNS. The van der Waals surface area contributed by atoms with E-state index < -0.39 is 0 Å². The van der Waals surface area contributed by atoms with Gasteiger partial charge >= 0.3 is 0 Å². The van der Waals surface area contributed by atoms with E-state index in [1.54, 1.807) is 0 Å². The molecule has 1 unspecified atom stereocenters. The van der Waals surface area contributed by atoms with E-state index in [4.69, 9.17) is 0 Å². The van der Waals surface area contributed by atoms with E-state index in [1.807, 2.05) is 42.6 Å². The highest BCUT2D eigenvalue weighted by atomic mass is 35.5. The van der Waals surface area contributed by atoms with Crippen molar-refractivity contribution in [2.24, 2.45) is 0 Å². The number of hydrogen-bond acceptors (Lipinski definition) is 1. The maximum Gasteiger partial charge on any atom is 0.160 e. The second-order valence-electron chi connectivity index (χ2n) is 6.58. The lowest BCUT2D eigenvalue weighted by Gasteiger charge is -2.20. The van der Waals surface area contributed by atoms with Crippen molar-refractivity contribution in [1.82, 2.24) is 0 Å². The largest absolute Gasteiger partial charge is 1.00 e. The lowest BCUT2D eigenvalue weighted by atomic mass is 10.1. The van der Waals surface area contributed by atoms with Gasteiger partial charge in [-0.3, -0.25) is 0 Å². The Kier molecular flexibility index (Phi) is 11.6. The molecule has 3 aromatic rings. The summed E-state index contributed by atoms with van der Waals surface area (Å²) in [6.07, 6.45) is 8.40. The molecule has 0 aliphatic rings. The second kappa shape index (κ2) is 13.7. The Hall–Kier alpha value is -2.42. The number of para-hydroxylation sites is 1. The van der Waals surface area contributed by atoms with Gasteiger partial charge in [0.1, 0.15) is 0 Å². The van der Waals surface area contributed by atoms with Crippen LogP contribution in [0.15, 0.2) is 116 Å². The van der Waals surface area contributed by atoms with Crippen molar-refractivity contribution in [3.63, 3.8) is 0 Å². The first-order valence-electron chi connectivity index (χ1n) is 9.37. The number of rotatable bonds is 7. The van der Waals surface area contributed by atoms with E-state index in [2.05, 4.69) is 91.2 Å². The highest BCUT2D eigenvalue weighted by Gasteiger charge is 2.18. The number of anilines is 1. The van der Waals surface area contributed by atoms with Crippen molar-refractivity contribution in [3.05, 3.63) is 128 Å². The van der Waals surface area contributed by atoms with Gasteiger partial charge in [0, 0.05) is 17.8 Å². The summed E-state index contributed by atoms with van der Waals surface area (Å²) in [6, 6.07) is 31.2. The van der Waals surface area contributed by atoms with Gasteiger partial charge in [-0.25, -0.2) is 0 Å². The highest BCUT2D eigenvalue weighted by Crippen LogP contribution is 2.22. The number of hydrogen-bond donors (Lipinski definition) is 0. The van der Waals surface area contributed by atoms with Gasteiger partial charge in [-0.2, -0.15) is 0 Å². The topological polar surface area (TPSA) is 3.24 Å². The molecule has 0 N–H and O–H groups in total. The highest BCUT2D eigenvalue weighted by molar-refractivity contribution is 7.95. The molecule has 0 spiro atoms. The third-order valence-electron chi connectivity index (χ3n) is 4.35. The van der Waals surface area contributed by atoms with E-state index >= 15 is 0 Å². The SMILES string of the molecule is C=CC(c1ccccc1)[S+](C)C.C=CN(Cc1ccccc1)c1ccccc1.[Cl-]. The Morgan fingerprint density at radius 1 is 0.793 bits per heavy atom. The summed E-state index contributed by atoms with van der Waals surface area (Å²) in [7, 11) is 0.378. The molecule has 152 valence electrons. The summed E-state index contributed by atoms with van der Waals surface area (Å²) in [5.41, 5.74) is 3.83. The van der Waals surface area contributed by atoms with E-state index in [1.165, 1.54) is 16.8 Å². The van der Waals surface area contributed by atoms with E-state index in [9.17, 15) is 0 Å². The summed E-state index contributed by atoms with van der Waals surface area (Å²) in [5.74, 6) is 0. The molecular weight excluding hydrogens is 394 g/mol. The van der Waals surface area contributed by atoms with Gasteiger partial charge in [0.25, 0.3) is 0 Å². The van der Waals surface area contributed by atoms with Gasteiger partial charge in [-0.1, -0.05) is 92.0 Å². The maximum absolute atomic E-state index is 3.87. The van der Waals surface area contributed by atoms with E-state index in [0.29, 0.717) is 16.1 Å². The molecule has 0 aromatic heterocycles. The third-order valence-corrected chi connectivity index (χ3v) is 5.83. The van der Waals surface area contributed by atoms with Gasteiger partial charge in [-0.15, -0.1) is 0 Å². The van der Waals surface area contributed by atoms with Crippen LogP contribution in [-0.2, 0) is 17.4 Å². The molecule has 3 heteroatoms. The predicted molar refractivity (Wildman–Crippen MR) is 128 cm³/mol. The van der Waals surface area contributed by atoms with Crippen LogP contribution in [0.5, 0.6) is 0 Å². The zero-order valence-corrected chi connectivity index (χ0v) is 18.8.